The van der Waals surface area contributed by atoms with Crippen LogP contribution in [0, 0.1) is 51.2 Å². The van der Waals surface area contributed by atoms with Crippen LogP contribution >= 0.6 is 0 Å². The Bertz CT molecular complexity index is 960. The average molecular weight is 393 g/mol. The van der Waals surface area contributed by atoms with Crippen LogP contribution in [-0.2, 0) is 19.1 Å². The highest BCUT2D eigenvalue weighted by Crippen LogP contribution is 2.75. The number of ketones is 2. The number of hydrogen-bond donors (Lipinski definition) is 0. The van der Waals surface area contributed by atoms with E-state index in [4.69, 9.17) is 4.74 Å². The Morgan fingerprint density at radius 2 is 1.93 bits per heavy atom. The van der Waals surface area contributed by atoms with E-state index in [1.165, 1.54) is 5.57 Å². The quantitative estimate of drug-likeness (QED) is 0.357. The molecule has 0 aromatic rings. The first-order chi connectivity index (χ1) is 13.7. The molecule has 0 aromatic heterocycles. The van der Waals surface area contributed by atoms with Crippen molar-refractivity contribution in [3.05, 3.63) is 11.6 Å². The van der Waals surface area contributed by atoms with Gasteiger partial charge in [-0.3, -0.25) is 14.4 Å². The molecule has 4 unspecified atom stereocenters. The number of fused-ring (bicyclic) bond motifs is 7. The normalized spacial score (nSPS) is 54.7. The van der Waals surface area contributed by atoms with Crippen molar-refractivity contribution in [3.8, 4) is 6.07 Å². The van der Waals surface area contributed by atoms with Gasteiger partial charge in [-0.2, -0.15) is 5.26 Å². The lowest BCUT2D eigenvalue weighted by molar-refractivity contribution is -0.161. The molecule has 5 aliphatic carbocycles. The van der Waals surface area contributed by atoms with Crippen LogP contribution in [0.25, 0.3) is 0 Å². The summed E-state index contributed by atoms with van der Waals surface area (Å²) in [6.07, 6.45) is 7.78. The van der Waals surface area contributed by atoms with E-state index in [0.717, 1.165) is 25.7 Å². The minimum absolute atomic E-state index is 0.0180. The Hall–Kier alpha value is -1.96. The van der Waals surface area contributed by atoms with Gasteiger partial charge in [-0.1, -0.05) is 25.5 Å². The van der Waals surface area contributed by atoms with E-state index in [2.05, 4.69) is 26.0 Å². The number of esters is 1. The van der Waals surface area contributed by atoms with Crippen molar-refractivity contribution < 1.29 is 19.1 Å². The molecule has 1 aliphatic heterocycles. The molecule has 5 nitrogen and oxygen atoms in total. The molecule has 0 amide bonds. The summed E-state index contributed by atoms with van der Waals surface area (Å²) in [5.74, 6) is -0.728. The molecule has 8 atom stereocenters. The molecule has 1 saturated heterocycles. The Morgan fingerprint density at radius 3 is 2.62 bits per heavy atom. The molecule has 0 radical (unpaired) electrons. The number of carbonyl (C=O) groups excluding carboxylic acids is 3. The van der Waals surface area contributed by atoms with Gasteiger partial charge in [0.15, 0.2) is 0 Å². The van der Waals surface area contributed by atoms with Crippen LogP contribution in [0.4, 0.5) is 0 Å². The second-order valence-corrected chi connectivity index (χ2v) is 10.9. The zero-order chi connectivity index (χ0) is 20.4. The molecule has 5 heteroatoms. The first-order valence-corrected chi connectivity index (χ1v) is 11.1. The van der Waals surface area contributed by atoms with Crippen molar-refractivity contribution in [3.63, 3.8) is 0 Å². The molecular formula is C24H27NO4. The predicted octanol–water partition coefficient (Wildman–Crippen LogP) is 3.52. The summed E-state index contributed by atoms with van der Waals surface area (Å²) in [5.41, 5.74) is -0.582. The largest absolute Gasteiger partial charge is 0.458 e. The molecule has 6 rings (SSSR count). The molecule has 4 saturated carbocycles. The second-order valence-electron chi connectivity index (χ2n) is 10.9. The van der Waals surface area contributed by atoms with Crippen molar-refractivity contribution in [2.75, 3.05) is 0 Å². The molecule has 6 aliphatic rings. The van der Waals surface area contributed by atoms with Crippen LogP contribution in [0.3, 0.4) is 0 Å². The summed E-state index contributed by atoms with van der Waals surface area (Å²) < 4.78 is 5.98. The summed E-state index contributed by atoms with van der Waals surface area (Å²) in [5, 5.41) is 10.3. The van der Waals surface area contributed by atoms with Gasteiger partial charge in [0, 0.05) is 29.6 Å². The summed E-state index contributed by atoms with van der Waals surface area (Å²) in [6, 6.07) is 2.52. The van der Waals surface area contributed by atoms with Crippen LogP contribution in [0.5, 0.6) is 0 Å². The highest BCUT2D eigenvalue weighted by Gasteiger charge is 2.76. The third kappa shape index (κ3) is 1.67. The van der Waals surface area contributed by atoms with Crippen molar-refractivity contribution in [1.82, 2.24) is 0 Å². The Labute approximate surface area is 170 Å². The monoisotopic (exact) mass is 393 g/mol. The molecular weight excluding hydrogens is 366 g/mol. The van der Waals surface area contributed by atoms with Crippen molar-refractivity contribution >= 4 is 17.5 Å². The van der Waals surface area contributed by atoms with Gasteiger partial charge in [-0.05, 0) is 50.4 Å². The summed E-state index contributed by atoms with van der Waals surface area (Å²) in [6.45, 7) is 4.40. The molecule has 5 fully saturated rings. The number of rotatable bonds is 0. The van der Waals surface area contributed by atoms with Gasteiger partial charge in [0.2, 0.25) is 0 Å². The third-order valence-electron chi connectivity index (χ3n) is 10.4. The van der Waals surface area contributed by atoms with Gasteiger partial charge >= 0.3 is 5.97 Å². The molecule has 2 bridgehead atoms. The van der Waals surface area contributed by atoms with Gasteiger partial charge in [-0.15, -0.1) is 0 Å². The Kier molecular flexibility index (Phi) is 3.09. The topological polar surface area (TPSA) is 84.2 Å². The Morgan fingerprint density at radius 1 is 1.14 bits per heavy atom. The first kappa shape index (κ1) is 17.9. The number of nitrogens with zero attached hydrogens (tertiary/aromatic N) is 1. The minimum Gasteiger partial charge on any atom is -0.458 e. The van der Waals surface area contributed by atoms with Gasteiger partial charge in [0.1, 0.15) is 17.2 Å². The van der Waals surface area contributed by atoms with Gasteiger partial charge < -0.3 is 4.74 Å². The van der Waals surface area contributed by atoms with E-state index in [-0.39, 0.29) is 40.7 Å². The fourth-order valence-electron chi connectivity index (χ4n) is 8.89. The van der Waals surface area contributed by atoms with E-state index in [0.29, 0.717) is 25.7 Å². The first-order valence-electron chi connectivity index (χ1n) is 11.1. The number of Topliss-reactive ketones (excluding diaryl/α,β-unsaturated/α-hetero) is 2. The summed E-state index contributed by atoms with van der Waals surface area (Å²) >= 11 is 0. The molecule has 0 aromatic carbocycles. The van der Waals surface area contributed by atoms with Gasteiger partial charge in [-0.25, -0.2) is 0 Å². The zero-order valence-corrected chi connectivity index (χ0v) is 17.1. The summed E-state index contributed by atoms with van der Waals surface area (Å²) in [7, 11) is 0. The molecule has 1 heterocycles. The van der Waals surface area contributed by atoms with Gasteiger partial charge in [0.05, 0.1) is 17.4 Å². The van der Waals surface area contributed by atoms with Gasteiger partial charge in [0.25, 0.3) is 0 Å². The van der Waals surface area contributed by atoms with Crippen LogP contribution in [-0.4, -0.2) is 23.1 Å². The van der Waals surface area contributed by atoms with E-state index in [1.54, 1.807) is 0 Å². The third-order valence-corrected chi connectivity index (χ3v) is 10.4. The SMILES string of the molecule is C[C@]12CC=C3C(C4C[C@]5(C#N)C(C(=O)CC[C@]35C)C4=O)C1CC[C@@]21CCC(=O)O1. The summed E-state index contributed by atoms with van der Waals surface area (Å²) in [4.78, 5) is 38.4. The van der Waals surface area contributed by atoms with Crippen LogP contribution in [0.2, 0.25) is 0 Å². The van der Waals surface area contributed by atoms with Crippen molar-refractivity contribution in [1.29, 1.82) is 5.26 Å². The van der Waals surface area contributed by atoms with Crippen LogP contribution in [0.1, 0.15) is 65.2 Å². The number of ether oxygens (including phenoxy) is 1. The minimum atomic E-state index is -0.865. The maximum atomic E-state index is 13.5. The van der Waals surface area contributed by atoms with Crippen LogP contribution in [0.15, 0.2) is 11.6 Å². The molecule has 0 N–H and O–H groups in total. The van der Waals surface area contributed by atoms with Crippen LogP contribution < -0.4 is 0 Å². The molecule has 29 heavy (non-hydrogen) atoms. The lowest BCUT2D eigenvalue weighted by atomic mass is 9.43. The predicted molar refractivity (Wildman–Crippen MR) is 102 cm³/mol. The van der Waals surface area contributed by atoms with E-state index in [1.807, 2.05) is 0 Å². The maximum absolute atomic E-state index is 13.5. The molecule has 1 spiro atoms. The lowest BCUT2D eigenvalue weighted by Crippen LogP contribution is -2.56. The van der Waals surface area contributed by atoms with Crippen molar-refractivity contribution in [2.45, 2.75) is 70.8 Å². The number of hydrogen-bond acceptors (Lipinski definition) is 5. The fraction of sp³-hybridized carbons (Fsp3) is 0.750. The van der Waals surface area contributed by atoms with Crippen molar-refractivity contribution in [2.24, 2.45) is 39.9 Å². The highest BCUT2D eigenvalue weighted by molar-refractivity contribution is 6.08. The number of carbonyl (C=O) groups is 3. The smallest absolute Gasteiger partial charge is 0.306 e. The Balaban J connectivity index is 1.53. The van der Waals surface area contributed by atoms with E-state index >= 15 is 0 Å². The van der Waals surface area contributed by atoms with E-state index < -0.39 is 22.3 Å². The number of nitriles is 1. The van der Waals surface area contributed by atoms with E-state index in [9.17, 15) is 19.6 Å². The second kappa shape index (κ2) is 5.02. The lowest BCUT2D eigenvalue weighted by Gasteiger charge is -2.58. The zero-order valence-electron chi connectivity index (χ0n) is 17.1. The number of allylic oxidation sites excluding steroid dienone is 2. The maximum Gasteiger partial charge on any atom is 0.306 e. The highest BCUT2D eigenvalue weighted by atomic mass is 16.6. The fourth-order valence-corrected chi connectivity index (χ4v) is 8.89. The molecule has 152 valence electrons. The standard InChI is InChI=1S/C24H27NO4/c1-21-8-5-16(26)19-20(28)13(11-23(19,21)12-25)18-14(21)3-7-22(2)15(18)4-9-24(22)10-6-17(27)29-24/h3,13,15,18-19H,4-11H2,1-2H3/t13?,15?,18?,19?,21-,22+,23+,24-/m1/s1. The average Bonchev–Trinajstić information content (AvgIpc) is 3.31.